The number of rotatable bonds is 2. The Morgan fingerprint density at radius 2 is 1.81 bits per heavy atom. The number of hydrogen-bond acceptors (Lipinski definition) is 4. The van der Waals surface area contributed by atoms with Gasteiger partial charge in [0.05, 0.1) is 18.3 Å². The first-order chi connectivity index (χ1) is 9.85. The van der Waals surface area contributed by atoms with Gasteiger partial charge in [-0.1, -0.05) is 23.2 Å². The van der Waals surface area contributed by atoms with Crippen LogP contribution in [0, 0.1) is 0 Å². The lowest BCUT2D eigenvalue weighted by atomic mass is 10.3. The second kappa shape index (κ2) is 7.78. The average molecular weight is 330 g/mol. The SMILES string of the molecule is CC(C)N=C=O.O=C1CNC(=O)N1c1cc(Cl)cc(Cl)c1. The second-order valence-electron chi connectivity index (χ2n) is 4.33. The van der Waals surface area contributed by atoms with Gasteiger partial charge in [-0.25, -0.2) is 19.5 Å². The van der Waals surface area contributed by atoms with Gasteiger partial charge in [-0.15, -0.1) is 0 Å². The fourth-order valence-corrected chi connectivity index (χ4v) is 1.97. The van der Waals surface area contributed by atoms with Crippen LogP contribution < -0.4 is 10.2 Å². The van der Waals surface area contributed by atoms with Crippen molar-refractivity contribution in [1.29, 1.82) is 0 Å². The molecular weight excluding hydrogens is 317 g/mol. The van der Waals surface area contributed by atoms with Crippen LogP contribution in [0.1, 0.15) is 13.8 Å². The first kappa shape index (κ1) is 17.2. The molecule has 0 aliphatic carbocycles. The highest BCUT2D eigenvalue weighted by Gasteiger charge is 2.30. The number of nitrogens with one attached hydrogen (secondary N) is 1. The number of benzene rings is 1. The molecule has 8 heteroatoms. The summed E-state index contributed by atoms with van der Waals surface area (Å²) in [7, 11) is 0. The Bertz CT molecular complexity index is 562. The molecule has 0 atom stereocenters. The summed E-state index contributed by atoms with van der Waals surface area (Å²) >= 11 is 11.5. The molecule has 1 N–H and O–H groups in total. The molecule has 1 aliphatic rings. The van der Waals surface area contributed by atoms with Crippen molar-refractivity contribution in [3.63, 3.8) is 0 Å². The largest absolute Gasteiger partial charge is 0.329 e. The molecule has 1 saturated heterocycles. The van der Waals surface area contributed by atoms with Gasteiger partial charge in [0, 0.05) is 10.0 Å². The average Bonchev–Trinajstić information content (AvgIpc) is 2.68. The highest BCUT2D eigenvalue weighted by Crippen LogP contribution is 2.26. The van der Waals surface area contributed by atoms with E-state index in [1.54, 1.807) is 0 Å². The van der Waals surface area contributed by atoms with Gasteiger partial charge >= 0.3 is 6.03 Å². The number of aliphatic imine (C=N–C) groups is 1. The minimum absolute atomic E-state index is 0.00294. The number of hydrogen-bond donors (Lipinski definition) is 1. The summed E-state index contributed by atoms with van der Waals surface area (Å²) in [4.78, 5) is 36.3. The van der Waals surface area contributed by atoms with E-state index in [-0.39, 0.29) is 18.5 Å². The Labute approximate surface area is 131 Å². The molecule has 0 spiro atoms. The maximum atomic E-state index is 11.4. The molecule has 21 heavy (non-hydrogen) atoms. The summed E-state index contributed by atoms with van der Waals surface area (Å²) < 4.78 is 0. The highest BCUT2D eigenvalue weighted by molar-refractivity contribution is 6.35. The molecule has 3 amide bonds. The van der Waals surface area contributed by atoms with Gasteiger partial charge in [0.15, 0.2) is 0 Å². The number of imide groups is 1. The third kappa shape index (κ3) is 5.19. The van der Waals surface area contributed by atoms with Gasteiger partial charge in [-0.3, -0.25) is 4.79 Å². The Balaban J connectivity index is 0.000000315. The van der Waals surface area contributed by atoms with Crippen molar-refractivity contribution in [3.05, 3.63) is 28.2 Å². The van der Waals surface area contributed by atoms with E-state index >= 15 is 0 Å². The van der Waals surface area contributed by atoms with E-state index in [0.717, 1.165) is 4.90 Å². The third-order valence-electron chi connectivity index (χ3n) is 2.26. The van der Waals surface area contributed by atoms with Crippen LogP contribution in [-0.4, -0.2) is 30.6 Å². The molecular formula is C13H13Cl2N3O3. The fraction of sp³-hybridized carbons (Fsp3) is 0.308. The predicted octanol–water partition coefficient (Wildman–Crippen LogP) is 2.78. The molecule has 112 valence electrons. The Morgan fingerprint density at radius 3 is 2.14 bits per heavy atom. The van der Waals surface area contributed by atoms with Crippen LogP contribution in [0.4, 0.5) is 10.5 Å². The lowest BCUT2D eigenvalue weighted by Crippen LogP contribution is -2.30. The maximum Gasteiger partial charge on any atom is 0.329 e. The number of urea groups is 1. The second-order valence-corrected chi connectivity index (χ2v) is 5.20. The lowest BCUT2D eigenvalue weighted by molar-refractivity contribution is -0.115. The summed E-state index contributed by atoms with van der Waals surface area (Å²) in [5, 5.41) is 3.17. The van der Waals surface area contributed by atoms with Gasteiger partial charge < -0.3 is 5.32 Å². The smallest absolute Gasteiger partial charge is 0.328 e. The Kier molecular flexibility index (Phi) is 6.37. The van der Waals surface area contributed by atoms with Gasteiger partial charge in [-0.05, 0) is 32.0 Å². The van der Waals surface area contributed by atoms with E-state index in [0.29, 0.717) is 15.7 Å². The molecule has 0 unspecified atom stereocenters. The van der Waals surface area contributed by atoms with E-state index in [1.807, 2.05) is 13.8 Å². The molecule has 1 aromatic carbocycles. The van der Waals surface area contributed by atoms with Gasteiger partial charge in [-0.2, -0.15) is 0 Å². The number of carbonyl (C=O) groups is 2. The third-order valence-corrected chi connectivity index (χ3v) is 2.70. The number of nitrogens with zero attached hydrogens (tertiary/aromatic N) is 2. The van der Waals surface area contributed by atoms with Crippen LogP contribution in [0.25, 0.3) is 0 Å². The van der Waals surface area contributed by atoms with Crippen LogP contribution in [0.5, 0.6) is 0 Å². The first-order valence-corrected chi connectivity index (χ1v) is 6.74. The Morgan fingerprint density at radius 1 is 1.24 bits per heavy atom. The summed E-state index contributed by atoms with van der Waals surface area (Å²) in [5.41, 5.74) is 0.382. The van der Waals surface area contributed by atoms with Crippen molar-refractivity contribution in [3.8, 4) is 0 Å². The quantitative estimate of drug-likeness (QED) is 0.514. The number of anilines is 1. The number of isocyanates is 1. The summed E-state index contributed by atoms with van der Waals surface area (Å²) in [6.07, 6.45) is 1.44. The molecule has 0 aromatic heterocycles. The van der Waals surface area contributed by atoms with Crippen LogP contribution in [0.2, 0.25) is 10.0 Å². The van der Waals surface area contributed by atoms with Crippen LogP contribution >= 0.6 is 23.2 Å². The zero-order valence-electron chi connectivity index (χ0n) is 11.4. The normalized spacial score (nSPS) is 13.5. The van der Waals surface area contributed by atoms with E-state index in [9.17, 15) is 14.4 Å². The molecule has 1 aromatic rings. The standard InChI is InChI=1S/C9H6Cl2N2O2.C4H7NO/c10-5-1-6(11)3-7(2-5)13-8(14)4-12-9(13)15;1-4(2)5-3-6/h1-3H,4H2,(H,12,15);4H,1-2H3. The Hall–Kier alpha value is -1.88. The van der Waals surface area contributed by atoms with Crippen molar-refractivity contribution < 1.29 is 14.4 Å². The van der Waals surface area contributed by atoms with Crippen molar-refractivity contribution in [2.45, 2.75) is 19.9 Å². The van der Waals surface area contributed by atoms with E-state index < -0.39 is 6.03 Å². The molecule has 2 rings (SSSR count). The molecule has 6 nitrogen and oxygen atoms in total. The maximum absolute atomic E-state index is 11.4. The summed E-state index contributed by atoms with van der Waals surface area (Å²) in [6, 6.07) is 4.19. The summed E-state index contributed by atoms with van der Waals surface area (Å²) in [5.74, 6) is -0.321. The topological polar surface area (TPSA) is 78.8 Å². The van der Waals surface area contributed by atoms with Crippen LogP contribution in [0.3, 0.4) is 0 Å². The van der Waals surface area contributed by atoms with Gasteiger partial charge in [0.1, 0.15) is 0 Å². The minimum Gasteiger partial charge on any atom is -0.328 e. The van der Waals surface area contributed by atoms with Crippen LogP contribution in [-0.2, 0) is 9.59 Å². The van der Waals surface area contributed by atoms with E-state index in [1.165, 1.54) is 24.3 Å². The fourth-order valence-electron chi connectivity index (χ4n) is 1.46. The highest BCUT2D eigenvalue weighted by atomic mass is 35.5. The van der Waals surface area contributed by atoms with Crippen molar-refractivity contribution >= 4 is 46.9 Å². The predicted molar refractivity (Wildman–Crippen MR) is 80.6 cm³/mol. The monoisotopic (exact) mass is 329 g/mol. The van der Waals surface area contributed by atoms with E-state index in [2.05, 4.69) is 10.3 Å². The van der Waals surface area contributed by atoms with Crippen molar-refractivity contribution in [2.75, 3.05) is 11.4 Å². The number of carbonyl (C=O) groups excluding carboxylic acids is 3. The summed E-state index contributed by atoms with van der Waals surface area (Å²) in [6.45, 7) is 3.65. The van der Waals surface area contributed by atoms with Crippen molar-refractivity contribution in [1.82, 2.24) is 5.32 Å². The molecule has 0 saturated carbocycles. The van der Waals surface area contributed by atoms with E-state index in [4.69, 9.17) is 23.2 Å². The van der Waals surface area contributed by atoms with Gasteiger partial charge in [0.25, 0.3) is 5.91 Å². The molecule has 0 bridgehead atoms. The van der Waals surface area contributed by atoms with Crippen LogP contribution in [0.15, 0.2) is 23.2 Å². The molecule has 1 heterocycles. The first-order valence-electron chi connectivity index (χ1n) is 5.99. The van der Waals surface area contributed by atoms with Gasteiger partial charge in [0.2, 0.25) is 6.08 Å². The molecule has 0 radical (unpaired) electrons. The molecule has 1 aliphatic heterocycles. The number of halogens is 2. The molecule has 1 fully saturated rings. The lowest BCUT2D eigenvalue weighted by Gasteiger charge is -2.12. The zero-order chi connectivity index (χ0) is 16.0. The van der Waals surface area contributed by atoms with Crippen molar-refractivity contribution in [2.24, 2.45) is 4.99 Å². The number of amides is 3. The minimum atomic E-state index is -0.460. The zero-order valence-corrected chi connectivity index (χ0v) is 12.9.